The van der Waals surface area contributed by atoms with Gasteiger partial charge in [-0.05, 0) is 42.7 Å². The minimum absolute atomic E-state index is 0.226. The first kappa shape index (κ1) is 14.7. The van der Waals surface area contributed by atoms with Crippen molar-refractivity contribution in [3.8, 4) is 5.75 Å². The van der Waals surface area contributed by atoms with Crippen LogP contribution in [0.25, 0.3) is 0 Å². The molecule has 0 saturated carbocycles. The summed E-state index contributed by atoms with van der Waals surface area (Å²) >= 11 is 6.08. The summed E-state index contributed by atoms with van der Waals surface area (Å²) in [7, 11) is 0. The van der Waals surface area contributed by atoms with Gasteiger partial charge in [-0.15, -0.1) is 0 Å². The van der Waals surface area contributed by atoms with Gasteiger partial charge in [-0.3, -0.25) is 0 Å². The molecule has 0 radical (unpaired) electrons. The number of hydrogen-bond donors (Lipinski definition) is 2. The zero-order valence-electron chi connectivity index (χ0n) is 11.7. The average molecular weight is 290 g/mol. The summed E-state index contributed by atoms with van der Waals surface area (Å²) in [5, 5.41) is 13.6. The fourth-order valence-corrected chi connectivity index (χ4v) is 2.32. The topological polar surface area (TPSA) is 32.3 Å². The Hall–Kier alpha value is -1.67. The van der Waals surface area contributed by atoms with Crippen molar-refractivity contribution >= 4 is 17.3 Å². The number of halogens is 1. The Kier molecular flexibility index (Phi) is 5.31. The number of aromatic hydroxyl groups is 1. The highest BCUT2D eigenvalue weighted by atomic mass is 35.5. The number of nitrogens with one attached hydrogen (secondary N) is 1. The Morgan fingerprint density at radius 3 is 2.50 bits per heavy atom. The van der Waals surface area contributed by atoms with Crippen molar-refractivity contribution in [2.45, 2.75) is 32.7 Å². The number of rotatable bonds is 6. The number of phenolic OH excluding ortho intramolecular Hbond substituents is 1. The zero-order chi connectivity index (χ0) is 14.4. The monoisotopic (exact) mass is 289 g/mol. The maximum atomic E-state index is 9.79. The minimum atomic E-state index is 0.226. The third-order valence-corrected chi connectivity index (χ3v) is 3.69. The lowest BCUT2D eigenvalue weighted by molar-refractivity contribution is 0.469. The van der Waals surface area contributed by atoms with Crippen LogP contribution in [0.5, 0.6) is 5.75 Å². The largest absolute Gasteiger partial charge is 0.508 e. The fourth-order valence-electron chi connectivity index (χ4n) is 2.08. The van der Waals surface area contributed by atoms with Gasteiger partial charge in [0.25, 0.3) is 0 Å². The van der Waals surface area contributed by atoms with E-state index in [1.165, 1.54) is 18.4 Å². The lowest BCUT2D eigenvalue weighted by Gasteiger charge is -2.10. The molecule has 0 bridgehead atoms. The molecule has 3 heteroatoms. The van der Waals surface area contributed by atoms with E-state index in [-0.39, 0.29) is 5.75 Å². The van der Waals surface area contributed by atoms with Crippen molar-refractivity contribution in [3.63, 3.8) is 0 Å². The van der Waals surface area contributed by atoms with Crippen LogP contribution in [-0.4, -0.2) is 5.11 Å². The van der Waals surface area contributed by atoms with E-state index in [0.29, 0.717) is 11.6 Å². The summed E-state index contributed by atoms with van der Waals surface area (Å²) in [4.78, 5) is 0. The SMILES string of the molecule is CCCCc1ccc(NCc2c(O)cccc2Cl)cc1. The molecule has 2 rings (SSSR count). The van der Waals surface area contributed by atoms with Crippen LogP contribution in [0.4, 0.5) is 5.69 Å². The predicted molar refractivity (Wildman–Crippen MR) is 85.5 cm³/mol. The molecule has 0 aliphatic rings. The predicted octanol–water partition coefficient (Wildman–Crippen LogP) is 5.00. The van der Waals surface area contributed by atoms with Crippen molar-refractivity contribution < 1.29 is 5.11 Å². The van der Waals surface area contributed by atoms with Gasteiger partial charge < -0.3 is 10.4 Å². The van der Waals surface area contributed by atoms with Crippen LogP contribution < -0.4 is 5.32 Å². The van der Waals surface area contributed by atoms with Crippen molar-refractivity contribution in [3.05, 3.63) is 58.6 Å². The number of benzene rings is 2. The minimum Gasteiger partial charge on any atom is -0.508 e. The number of phenols is 1. The van der Waals surface area contributed by atoms with E-state index in [9.17, 15) is 5.11 Å². The molecule has 2 nitrogen and oxygen atoms in total. The van der Waals surface area contributed by atoms with Gasteiger partial charge in [0, 0.05) is 22.8 Å². The van der Waals surface area contributed by atoms with E-state index in [1.807, 2.05) is 0 Å². The molecule has 0 aliphatic heterocycles. The number of aryl methyl sites for hydroxylation is 1. The third-order valence-electron chi connectivity index (χ3n) is 3.34. The van der Waals surface area contributed by atoms with Crippen LogP contribution in [0.1, 0.15) is 30.9 Å². The molecule has 2 N–H and O–H groups in total. The third kappa shape index (κ3) is 3.91. The summed E-state index contributed by atoms with van der Waals surface area (Å²) < 4.78 is 0. The second-order valence-corrected chi connectivity index (χ2v) is 5.30. The normalized spacial score (nSPS) is 10.5. The van der Waals surface area contributed by atoms with Gasteiger partial charge in [0.15, 0.2) is 0 Å². The molecule has 20 heavy (non-hydrogen) atoms. The maximum Gasteiger partial charge on any atom is 0.122 e. The Morgan fingerprint density at radius 2 is 1.85 bits per heavy atom. The van der Waals surface area contributed by atoms with Crippen LogP contribution in [0.2, 0.25) is 5.02 Å². The summed E-state index contributed by atoms with van der Waals surface area (Å²) in [5.74, 6) is 0.226. The quantitative estimate of drug-likeness (QED) is 0.784. The molecule has 2 aromatic carbocycles. The average Bonchev–Trinajstić information content (AvgIpc) is 2.46. The molecule has 0 amide bonds. The van der Waals surface area contributed by atoms with Crippen LogP contribution in [0.3, 0.4) is 0 Å². The smallest absolute Gasteiger partial charge is 0.122 e. The lowest BCUT2D eigenvalue weighted by Crippen LogP contribution is -2.00. The van der Waals surface area contributed by atoms with Crippen molar-refractivity contribution in [2.24, 2.45) is 0 Å². The molecular weight excluding hydrogens is 270 g/mol. The second-order valence-electron chi connectivity index (χ2n) is 4.89. The fraction of sp³-hybridized carbons (Fsp3) is 0.294. The van der Waals surface area contributed by atoms with E-state index < -0.39 is 0 Å². The summed E-state index contributed by atoms with van der Waals surface area (Å²) in [5.41, 5.74) is 3.12. The van der Waals surface area contributed by atoms with Gasteiger partial charge in [0.05, 0.1) is 0 Å². The highest BCUT2D eigenvalue weighted by Gasteiger charge is 2.05. The number of hydrogen-bond acceptors (Lipinski definition) is 2. The van der Waals surface area contributed by atoms with Gasteiger partial charge in [-0.25, -0.2) is 0 Å². The summed E-state index contributed by atoms with van der Waals surface area (Å²) in [6.07, 6.45) is 3.56. The standard InChI is InChI=1S/C17H20ClNO/c1-2-3-5-13-8-10-14(11-9-13)19-12-15-16(18)6-4-7-17(15)20/h4,6-11,19-20H,2-3,5,12H2,1H3. The van der Waals surface area contributed by atoms with E-state index >= 15 is 0 Å². The summed E-state index contributed by atoms with van der Waals surface area (Å²) in [6, 6.07) is 13.6. The second kappa shape index (κ2) is 7.20. The summed E-state index contributed by atoms with van der Waals surface area (Å²) in [6.45, 7) is 2.71. The van der Waals surface area contributed by atoms with E-state index in [2.05, 4.69) is 36.5 Å². The molecule has 0 saturated heterocycles. The zero-order valence-corrected chi connectivity index (χ0v) is 12.5. The van der Waals surface area contributed by atoms with Gasteiger partial charge >= 0.3 is 0 Å². The van der Waals surface area contributed by atoms with Gasteiger partial charge in [-0.1, -0.05) is 43.1 Å². The van der Waals surface area contributed by atoms with E-state index in [1.54, 1.807) is 18.2 Å². The first-order chi connectivity index (χ1) is 9.70. The Labute approximate surface area is 125 Å². The highest BCUT2D eigenvalue weighted by molar-refractivity contribution is 6.31. The van der Waals surface area contributed by atoms with E-state index in [4.69, 9.17) is 11.6 Å². The highest BCUT2D eigenvalue weighted by Crippen LogP contribution is 2.26. The Morgan fingerprint density at radius 1 is 1.10 bits per heavy atom. The van der Waals surface area contributed by atoms with Crippen LogP contribution in [0, 0.1) is 0 Å². The first-order valence-corrected chi connectivity index (χ1v) is 7.37. The molecule has 0 heterocycles. The van der Waals surface area contributed by atoms with Gasteiger partial charge in [0.2, 0.25) is 0 Å². The van der Waals surface area contributed by atoms with Crippen LogP contribution in [0.15, 0.2) is 42.5 Å². The molecular formula is C17H20ClNO. The number of unbranched alkanes of at least 4 members (excludes halogenated alkanes) is 1. The lowest BCUT2D eigenvalue weighted by atomic mass is 10.1. The molecule has 0 atom stereocenters. The van der Waals surface area contributed by atoms with Crippen LogP contribution >= 0.6 is 11.6 Å². The molecule has 0 fully saturated rings. The first-order valence-electron chi connectivity index (χ1n) is 7.00. The van der Waals surface area contributed by atoms with Gasteiger partial charge in [0.1, 0.15) is 5.75 Å². The van der Waals surface area contributed by atoms with Crippen molar-refractivity contribution in [1.29, 1.82) is 0 Å². The van der Waals surface area contributed by atoms with E-state index in [0.717, 1.165) is 17.7 Å². The molecule has 0 unspecified atom stereocenters. The van der Waals surface area contributed by atoms with Crippen molar-refractivity contribution in [1.82, 2.24) is 0 Å². The number of anilines is 1. The Bertz CT molecular complexity index is 531. The molecule has 106 valence electrons. The molecule has 2 aromatic rings. The van der Waals surface area contributed by atoms with Crippen LogP contribution in [-0.2, 0) is 13.0 Å². The molecule has 0 aliphatic carbocycles. The molecule has 0 spiro atoms. The Balaban J connectivity index is 1.97. The van der Waals surface area contributed by atoms with Crippen molar-refractivity contribution in [2.75, 3.05) is 5.32 Å². The maximum absolute atomic E-state index is 9.79. The van der Waals surface area contributed by atoms with Gasteiger partial charge in [-0.2, -0.15) is 0 Å². The molecule has 0 aromatic heterocycles.